The van der Waals surface area contributed by atoms with E-state index in [9.17, 15) is 9.90 Å². The second-order valence-electron chi connectivity index (χ2n) is 5.29. The van der Waals surface area contributed by atoms with Crippen molar-refractivity contribution in [2.45, 2.75) is 20.0 Å². The third kappa shape index (κ3) is 4.36. The van der Waals surface area contributed by atoms with E-state index in [4.69, 9.17) is 9.47 Å². The van der Waals surface area contributed by atoms with Crippen LogP contribution in [0.4, 0.5) is 0 Å². The third-order valence-electron chi connectivity index (χ3n) is 3.16. The molecule has 2 rings (SSSR count). The first-order valence-electron chi connectivity index (χ1n) is 7.36. The number of phenols is 1. The molecule has 1 N–H and O–H groups in total. The maximum Gasteiger partial charge on any atom is 0.185 e. The minimum absolute atomic E-state index is 0.00343. The lowest BCUT2D eigenvalue weighted by Gasteiger charge is -2.12. The molecule has 4 heteroatoms. The SMILES string of the molecule is COc1cc(C(=O)/C=C/c2ccccc2OC(C)C)ccc1O. The Morgan fingerprint density at radius 2 is 1.87 bits per heavy atom. The van der Waals surface area contributed by atoms with E-state index in [0.717, 1.165) is 11.3 Å². The number of allylic oxidation sites excluding steroid dienone is 1. The fourth-order valence-electron chi connectivity index (χ4n) is 2.07. The Bertz CT molecular complexity index is 717. The van der Waals surface area contributed by atoms with Crippen molar-refractivity contribution in [2.75, 3.05) is 7.11 Å². The van der Waals surface area contributed by atoms with E-state index < -0.39 is 0 Å². The number of benzene rings is 2. The predicted octanol–water partition coefficient (Wildman–Crippen LogP) is 4.08. The number of hydrogen-bond acceptors (Lipinski definition) is 4. The van der Waals surface area contributed by atoms with Gasteiger partial charge in [0.1, 0.15) is 5.75 Å². The van der Waals surface area contributed by atoms with Crippen molar-refractivity contribution in [3.8, 4) is 17.2 Å². The Hall–Kier alpha value is -2.75. The zero-order valence-electron chi connectivity index (χ0n) is 13.4. The highest BCUT2D eigenvalue weighted by Gasteiger charge is 2.08. The van der Waals surface area contributed by atoms with Crippen LogP contribution in [0.5, 0.6) is 17.2 Å². The summed E-state index contributed by atoms with van der Waals surface area (Å²) in [5.41, 5.74) is 1.28. The zero-order chi connectivity index (χ0) is 16.8. The summed E-state index contributed by atoms with van der Waals surface area (Å²) in [6.45, 7) is 3.91. The van der Waals surface area contributed by atoms with Gasteiger partial charge in [0.05, 0.1) is 13.2 Å². The van der Waals surface area contributed by atoms with Gasteiger partial charge < -0.3 is 14.6 Å². The lowest BCUT2D eigenvalue weighted by molar-refractivity contribution is 0.104. The molecule has 0 unspecified atom stereocenters. The molecule has 0 radical (unpaired) electrons. The summed E-state index contributed by atoms with van der Waals surface area (Å²) in [7, 11) is 1.44. The predicted molar refractivity (Wildman–Crippen MR) is 90.2 cm³/mol. The van der Waals surface area contributed by atoms with Crippen molar-refractivity contribution >= 4 is 11.9 Å². The monoisotopic (exact) mass is 312 g/mol. The summed E-state index contributed by atoms with van der Waals surface area (Å²) >= 11 is 0. The standard InChI is InChI=1S/C19H20O4/c1-13(2)23-18-7-5-4-6-14(18)8-10-16(20)15-9-11-17(21)19(12-15)22-3/h4-13,21H,1-3H3/b10-8+. The number of methoxy groups -OCH3 is 1. The van der Waals surface area contributed by atoms with Gasteiger partial charge in [-0.25, -0.2) is 0 Å². The van der Waals surface area contributed by atoms with Crippen LogP contribution in [0.2, 0.25) is 0 Å². The molecule has 0 fully saturated rings. The number of ether oxygens (including phenoxy) is 2. The van der Waals surface area contributed by atoms with Gasteiger partial charge in [0.15, 0.2) is 17.3 Å². The van der Waals surface area contributed by atoms with E-state index in [1.54, 1.807) is 12.1 Å². The van der Waals surface area contributed by atoms with E-state index in [1.165, 1.54) is 25.3 Å². The number of phenolic OH excluding ortho intramolecular Hbond substituents is 1. The minimum Gasteiger partial charge on any atom is -0.504 e. The Balaban J connectivity index is 2.22. The van der Waals surface area contributed by atoms with Gasteiger partial charge in [-0.2, -0.15) is 0 Å². The van der Waals surface area contributed by atoms with Crippen LogP contribution < -0.4 is 9.47 Å². The van der Waals surface area contributed by atoms with Crippen LogP contribution in [0.25, 0.3) is 6.08 Å². The van der Waals surface area contributed by atoms with Gasteiger partial charge in [-0.1, -0.05) is 18.2 Å². The van der Waals surface area contributed by atoms with Crippen molar-refractivity contribution in [1.82, 2.24) is 0 Å². The molecule has 2 aromatic rings. The van der Waals surface area contributed by atoms with E-state index in [0.29, 0.717) is 5.56 Å². The topological polar surface area (TPSA) is 55.8 Å². The average molecular weight is 312 g/mol. The number of ketones is 1. The molecule has 0 aliphatic heterocycles. The molecule has 23 heavy (non-hydrogen) atoms. The maximum atomic E-state index is 12.3. The molecule has 0 spiro atoms. The average Bonchev–Trinajstić information content (AvgIpc) is 2.53. The van der Waals surface area contributed by atoms with E-state index in [-0.39, 0.29) is 23.4 Å². The van der Waals surface area contributed by atoms with Gasteiger partial charge in [-0.15, -0.1) is 0 Å². The molecule has 0 saturated heterocycles. The summed E-state index contributed by atoms with van der Waals surface area (Å²) < 4.78 is 10.7. The number of hydrogen-bond donors (Lipinski definition) is 1. The van der Waals surface area contributed by atoms with Crippen molar-refractivity contribution < 1.29 is 19.4 Å². The Morgan fingerprint density at radius 1 is 1.13 bits per heavy atom. The van der Waals surface area contributed by atoms with Crippen LogP contribution in [0.15, 0.2) is 48.5 Å². The maximum absolute atomic E-state index is 12.3. The molecule has 0 aromatic heterocycles. The molecular weight excluding hydrogens is 292 g/mol. The summed E-state index contributed by atoms with van der Waals surface area (Å²) in [4.78, 5) is 12.3. The zero-order valence-corrected chi connectivity index (χ0v) is 13.4. The fraction of sp³-hybridized carbons (Fsp3) is 0.211. The molecule has 0 saturated carbocycles. The highest BCUT2D eigenvalue weighted by Crippen LogP contribution is 2.27. The first-order chi connectivity index (χ1) is 11.0. The fourth-order valence-corrected chi connectivity index (χ4v) is 2.07. The lowest BCUT2D eigenvalue weighted by Crippen LogP contribution is -2.06. The first-order valence-corrected chi connectivity index (χ1v) is 7.36. The molecule has 0 bridgehead atoms. The summed E-state index contributed by atoms with van der Waals surface area (Å²) in [6, 6.07) is 12.0. The number of carbonyl (C=O) groups is 1. The second kappa shape index (κ2) is 7.49. The van der Waals surface area contributed by atoms with Gasteiger partial charge >= 0.3 is 0 Å². The number of aromatic hydroxyl groups is 1. The molecule has 0 heterocycles. The van der Waals surface area contributed by atoms with Crippen molar-refractivity contribution in [2.24, 2.45) is 0 Å². The normalized spacial score (nSPS) is 11.0. The Labute approximate surface area is 136 Å². The summed E-state index contributed by atoms with van der Waals surface area (Å²) in [5, 5.41) is 9.57. The van der Waals surface area contributed by atoms with Gasteiger partial charge in [0.25, 0.3) is 0 Å². The van der Waals surface area contributed by atoms with Crippen LogP contribution in [0, 0.1) is 0 Å². The Kier molecular flexibility index (Phi) is 5.41. The highest BCUT2D eigenvalue weighted by atomic mass is 16.5. The number of para-hydroxylation sites is 1. The third-order valence-corrected chi connectivity index (χ3v) is 3.16. The van der Waals surface area contributed by atoms with E-state index >= 15 is 0 Å². The smallest absolute Gasteiger partial charge is 0.185 e. The van der Waals surface area contributed by atoms with Gasteiger partial charge in [-0.3, -0.25) is 4.79 Å². The van der Waals surface area contributed by atoms with Crippen molar-refractivity contribution in [3.05, 3.63) is 59.7 Å². The molecule has 4 nitrogen and oxygen atoms in total. The Morgan fingerprint density at radius 3 is 2.57 bits per heavy atom. The van der Waals surface area contributed by atoms with Crippen LogP contribution in [0.3, 0.4) is 0 Å². The molecular formula is C19H20O4. The van der Waals surface area contributed by atoms with Crippen molar-refractivity contribution in [3.63, 3.8) is 0 Å². The van der Waals surface area contributed by atoms with Crippen LogP contribution in [0.1, 0.15) is 29.8 Å². The van der Waals surface area contributed by atoms with Crippen LogP contribution >= 0.6 is 0 Å². The number of rotatable bonds is 6. The van der Waals surface area contributed by atoms with Crippen molar-refractivity contribution in [1.29, 1.82) is 0 Å². The quantitative estimate of drug-likeness (QED) is 0.645. The van der Waals surface area contributed by atoms with Crippen LogP contribution in [-0.2, 0) is 0 Å². The van der Waals surface area contributed by atoms with E-state index in [2.05, 4.69) is 0 Å². The first kappa shape index (κ1) is 16.6. The summed E-state index contributed by atoms with van der Waals surface area (Å²) in [5.74, 6) is 0.828. The highest BCUT2D eigenvalue weighted by molar-refractivity contribution is 6.07. The minimum atomic E-state index is -0.178. The largest absolute Gasteiger partial charge is 0.504 e. The van der Waals surface area contributed by atoms with Gasteiger partial charge in [0, 0.05) is 11.1 Å². The molecule has 0 atom stereocenters. The van der Waals surface area contributed by atoms with Gasteiger partial charge in [-0.05, 0) is 50.3 Å². The molecule has 0 aliphatic carbocycles. The molecule has 0 aliphatic rings. The molecule has 120 valence electrons. The second-order valence-corrected chi connectivity index (χ2v) is 5.29. The molecule has 0 amide bonds. The van der Waals surface area contributed by atoms with Crippen LogP contribution in [-0.4, -0.2) is 24.1 Å². The lowest BCUT2D eigenvalue weighted by atomic mass is 10.1. The van der Waals surface area contributed by atoms with E-state index in [1.807, 2.05) is 38.1 Å². The number of carbonyl (C=O) groups excluding carboxylic acids is 1. The summed E-state index contributed by atoms with van der Waals surface area (Å²) in [6.07, 6.45) is 3.26. The van der Waals surface area contributed by atoms with Gasteiger partial charge in [0.2, 0.25) is 0 Å². The molecule has 2 aromatic carbocycles.